The fraction of sp³-hybridized carbons (Fsp3) is 0.308. The van der Waals surface area contributed by atoms with Gasteiger partial charge >= 0.3 is 0 Å². The Labute approximate surface area is 123 Å². The molecule has 0 bridgehead atoms. The van der Waals surface area contributed by atoms with Crippen LogP contribution in [0.3, 0.4) is 0 Å². The lowest BCUT2D eigenvalue weighted by molar-refractivity contribution is -0.689. The van der Waals surface area contributed by atoms with E-state index in [1.807, 2.05) is 6.07 Å². The van der Waals surface area contributed by atoms with Crippen molar-refractivity contribution in [3.8, 4) is 0 Å². The molecule has 0 fully saturated rings. The molecule has 0 radical (unpaired) electrons. The minimum absolute atomic E-state index is 0. The van der Waals surface area contributed by atoms with Crippen LogP contribution in [-0.2, 0) is 13.0 Å². The molecule has 1 aromatic heterocycles. The van der Waals surface area contributed by atoms with Gasteiger partial charge in [0.1, 0.15) is 0 Å². The molecule has 1 N–H and O–H groups in total. The Bertz CT molecular complexity index is 456. The SMILES string of the molecule is Cc1c(CCO)sc[n+]1Cc1ccccc1.[I-]. The molecule has 2 rings (SSSR count). The van der Waals surface area contributed by atoms with E-state index in [-0.39, 0.29) is 30.6 Å². The zero-order valence-electron chi connectivity index (χ0n) is 9.77. The number of halogens is 1. The minimum atomic E-state index is 0. The van der Waals surface area contributed by atoms with Crippen LogP contribution in [0.15, 0.2) is 35.8 Å². The smallest absolute Gasteiger partial charge is 0.225 e. The molecule has 0 atom stereocenters. The van der Waals surface area contributed by atoms with Crippen LogP contribution in [0.4, 0.5) is 0 Å². The van der Waals surface area contributed by atoms with Gasteiger partial charge in [-0.1, -0.05) is 41.7 Å². The van der Waals surface area contributed by atoms with Gasteiger partial charge in [0.2, 0.25) is 5.51 Å². The van der Waals surface area contributed by atoms with Crippen LogP contribution >= 0.6 is 11.3 Å². The Morgan fingerprint density at radius 2 is 1.94 bits per heavy atom. The lowest BCUT2D eigenvalue weighted by atomic mass is 10.2. The van der Waals surface area contributed by atoms with Crippen molar-refractivity contribution in [2.24, 2.45) is 0 Å². The summed E-state index contributed by atoms with van der Waals surface area (Å²) in [5.41, 5.74) is 4.71. The van der Waals surface area contributed by atoms with Gasteiger partial charge in [-0.3, -0.25) is 0 Å². The van der Waals surface area contributed by atoms with Crippen LogP contribution < -0.4 is 28.5 Å². The zero-order chi connectivity index (χ0) is 11.4. The van der Waals surface area contributed by atoms with Gasteiger partial charge in [-0.05, 0) is 0 Å². The van der Waals surface area contributed by atoms with E-state index in [1.54, 1.807) is 11.3 Å². The van der Waals surface area contributed by atoms with Crippen LogP contribution in [0.1, 0.15) is 16.1 Å². The Morgan fingerprint density at radius 3 is 2.59 bits per heavy atom. The average Bonchev–Trinajstić information content (AvgIpc) is 2.64. The first-order valence-corrected chi connectivity index (χ1v) is 6.30. The topological polar surface area (TPSA) is 24.1 Å². The molecule has 0 aliphatic rings. The van der Waals surface area contributed by atoms with Crippen molar-refractivity contribution in [2.75, 3.05) is 6.61 Å². The third kappa shape index (κ3) is 3.76. The van der Waals surface area contributed by atoms with Crippen molar-refractivity contribution in [2.45, 2.75) is 19.9 Å². The summed E-state index contributed by atoms with van der Waals surface area (Å²) >= 11 is 1.72. The quantitative estimate of drug-likeness (QED) is 0.545. The zero-order valence-corrected chi connectivity index (χ0v) is 12.7. The van der Waals surface area contributed by atoms with Crippen molar-refractivity contribution in [3.05, 3.63) is 52.0 Å². The second kappa shape index (κ2) is 7.08. The molecule has 17 heavy (non-hydrogen) atoms. The molecule has 2 nitrogen and oxygen atoms in total. The number of aliphatic hydroxyl groups excluding tert-OH is 1. The molecular formula is C13H16INOS. The van der Waals surface area contributed by atoms with E-state index in [1.165, 1.54) is 16.1 Å². The Kier molecular flexibility index (Phi) is 6.08. The van der Waals surface area contributed by atoms with Crippen molar-refractivity contribution in [1.82, 2.24) is 0 Å². The first kappa shape index (κ1) is 14.6. The lowest BCUT2D eigenvalue weighted by Crippen LogP contribution is -3.00. The van der Waals surface area contributed by atoms with Crippen LogP contribution in [0.2, 0.25) is 0 Å². The maximum atomic E-state index is 8.94. The van der Waals surface area contributed by atoms with Crippen LogP contribution in [0.25, 0.3) is 0 Å². The van der Waals surface area contributed by atoms with Crippen LogP contribution in [0, 0.1) is 6.92 Å². The van der Waals surface area contributed by atoms with E-state index in [9.17, 15) is 0 Å². The second-order valence-electron chi connectivity index (χ2n) is 3.82. The molecule has 0 saturated heterocycles. The molecule has 0 spiro atoms. The second-order valence-corrected chi connectivity index (χ2v) is 4.76. The molecule has 92 valence electrons. The van der Waals surface area contributed by atoms with E-state index in [2.05, 4.69) is 41.3 Å². The largest absolute Gasteiger partial charge is 1.00 e. The number of hydrogen-bond donors (Lipinski definition) is 1. The molecule has 4 heteroatoms. The van der Waals surface area contributed by atoms with Gasteiger partial charge in [0.15, 0.2) is 12.2 Å². The molecule has 0 unspecified atom stereocenters. The molecule has 2 aromatic rings. The van der Waals surface area contributed by atoms with Gasteiger partial charge in [-0.25, -0.2) is 0 Å². The standard InChI is InChI=1S/C13H16NOS.HI/c1-11-13(7-8-15)16-10-14(11)9-12-5-3-2-4-6-12;/h2-6,10,15H,7-9H2,1H3;1H/q+1;/p-1. The summed E-state index contributed by atoms with van der Waals surface area (Å²) in [6.45, 7) is 3.26. The molecule has 1 heterocycles. The number of nitrogens with zero attached hydrogens (tertiary/aromatic N) is 1. The van der Waals surface area contributed by atoms with Crippen LogP contribution in [-0.4, -0.2) is 11.7 Å². The summed E-state index contributed by atoms with van der Waals surface area (Å²) in [6.07, 6.45) is 0.762. The molecule has 0 saturated carbocycles. The number of thiazole rings is 1. The highest BCUT2D eigenvalue weighted by Gasteiger charge is 2.14. The first-order chi connectivity index (χ1) is 7.81. The summed E-state index contributed by atoms with van der Waals surface area (Å²) in [5.74, 6) is 0. The highest BCUT2D eigenvalue weighted by molar-refractivity contribution is 7.09. The third-order valence-corrected chi connectivity index (χ3v) is 3.84. The lowest BCUT2D eigenvalue weighted by Gasteiger charge is -1.97. The number of aliphatic hydroxyl groups is 1. The summed E-state index contributed by atoms with van der Waals surface area (Å²) in [7, 11) is 0. The van der Waals surface area contributed by atoms with Gasteiger partial charge in [-0.15, -0.1) is 0 Å². The van der Waals surface area contributed by atoms with Gasteiger partial charge in [0.05, 0.1) is 4.88 Å². The summed E-state index contributed by atoms with van der Waals surface area (Å²) in [4.78, 5) is 1.28. The van der Waals surface area contributed by atoms with Crippen molar-refractivity contribution >= 4 is 11.3 Å². The highest BCUT2D eigenvalue weighted by atomic mass is 127. The Balaban J connectivity index is 0.00000144. The van der Waals surface area contributed by atoms with E-state index in [0.717, 1.165) is 13.0 Å². The van der Waals surface area contributed by atoms with Crippen molar-refractivity contribution in [1.29, 1.82) is 0 Å². The predicted octanol–water partition coefficient (Wildman–Crippen LogP) is -1.07. The molecule has 1 aromatic carbocycles. The Hall–Kier alpha value is -0.460. The predicted molar refractivity (Wildman–Crippen MR) is 65.6 cm³/mol. The normalized spacial score (nSPS) is 10.0. The molecule has 0 amide bonds. The highest BCUT2D eigenvalue weighted by Crippen LogP contribution is 2.12. The average molecular weight is 361 g/mol. The maximum Gasteiger partial charge on any atom is 0.225 e. The van der Waals surface area contributed by atoms with Gasteiger partial charge in [-0.2, -0.15) is 4.57 Å². The first-order valence-electron chi connectivity index (χ1n) is 5.42. The van der Waals surface area contributed by atoms with Crippen molar-refractivity contribution < 1.29 is 33.7 Å². The fourth-order valence-corrected chi connectivity index (χ4v) is 2.71. The van der Waals surface area contributed by atoms with E-state index in [0.29, 0.717) is 0 Å². The minimum Gasteiger partial charge on any atom is -1.00 e. The monoisotopic (exact) mass is 361 g/mol. The molecule has 0 aliphatic carbocycles. The third-order valence-electron chi connectivity index (χ3n) is 2.69. The van der Waals surface area contributed by atoms with Crippen LogP contribution in [0.5, 0.6) is 0 Å². The Morgan fingerprint density at radius 1 is 1.24 bits per heavy atom. The molecular weight excluding hydrogens is 345 g/mol. The maximum absolute atomic E-state index is 8.94. The number of benzene rings is 1. The summed E-state index contributed by atoms with van der Waals surface area (Å²) in [5, 5.41) is 8.94. The number of rotatable bonds is 4. The van der Waals surface area contributed by atoms with E-state index in [4.69, 9.17) is 5.11 Å². The summed E-state index contributed by atoms with van der Waals surface area (Å²) < 4.78 is 2.24. The van der Waals surface area contributed by atoms with E-state index < -0.39 is 0 Å². The van der Waals surface area contributed by atoms with Gasteiger partial charge < -0.3 is 29.1 Å². The fourth-order valence-electron chi connectivity index (χ4n) is 1.73. The van der Waals surface area contributed by atoms with E-state index >= 15 is 0 Å². The van der Waals surface area contributed by atoms with Crippen molar-refractivity contribution in [3.63, 3.8) is 0 Å². The summed E-state index contributed by atoms with van der Waals surface area (Å²) in [6, 6.07) is 10.4. The molecule has 0 aliphatic heterocycles. The number of aromatic nitrogens is 1. The number of hydrogen-bond acceptors (Lipinski definition) is 2. The van der Waals surface area contributed by atoms with Gasteiger partial charge in [0, 0.05) is 25.5 Å². The van der Waals surface area contributed by atoms with Gasteiger partial charge in [0.25, 0.3) is 0 Å².